The Morgan fingerprint density at radius 1 is 1.28 bits per heavy atom. The number of aromatic nitrogens is 2. The van der Waals surface area contributed by atoms with Gasteiger partial charge in [-0.05, 0) is 18.2 Å². The summed E-state index contributed by atoms with van der Waals surface area (Å²) < 4.78 is 39.4. The molecule has 0 atom stereocenters. The number of aryl methyl sites for hydroxylation is 1. The van der Waals surface area contributed by atoms with Crippen LogP contribution in [0.4, 0.5) is 13.2 Å². The largest absolute Gasteiger partial charge is 0.416 e. The van der Waals surface area contributed by atoms with Crippen molar-refractivity contribution in [1.29, 1.82) is 0 Å². The number of nitrogens with two attached hydrogens (primary N) is 1. The van der Waals surface area contributed by atoms with Crippen LogP contribution < -0.4 is 5.73 Å². The van der Waals surface area contributed by atoms with Crippen molar-refractivity contribution in [3.63, 3.8) is 0 Å². The van der Waals surface area contributed by atoms with Crippen molar-refractivity contribution >= 4 is 0 Å². The van der Waals surface area contributed by atoms with Crippen molar-refractivity contribution in [1.82, 2.24) is 9.78 Å². The van der Waals surface area contributed by atoms with Crippen LogP contribution in [0.3, 0.4) is 0 Å². The molecule has 1 heterocycles. The second-order valence-electron chi connectivity index (χ2n) is 3.93. The number of halogens is 3. The lowest BCUT2D eigenvalue weighted by molar-refractivity contribution is -0.137. The number of hydrogen-bond donors (Lipinski definition) is 1. The summed E-state index contributed by atoms with van der Waals surface area (Å²) in [5.41, 5.74) is 6.51. The van der Waals surface area contributed by atoms with Gasteiger partial charge in [0.15, 0.2) is 0 Å². The SMILES string of the molecule is Cn1nc(CN)cc1-c1cccc(C(F)(F)F)c1. The summed E-state index contributed by atoms with van der Waals surface area (Å²) in [6.45, 7) is 0.257. The Hall–Kier alpha value is -1.82. The van der Waals surface area contributed by atoms with Crippen molar-refractivity contribution in [2.24, 2.45) is 12.8 Å². The molecule has 18 heavy (non-hydrogen) atoms. The third kappa shape index (κ3) is 2.38. The fraction of sp³-hybridized carbons (Fsp3) is 0.250. The molecule has 0 aliphatic heterocycles. The molecular weight excluding hydrogens is 243 g/mol. The summed E-state index contributed by atoms with van der Waals surface area (Å²) in [6.07, 6.45) is -4.34. The third-order valence-electron chi connectivity index (χ3n) is 2.63. The number of nitrogens with zero attached hydrogens (tertiary/aromatic N) is 2. The van der Waals surface area contributed by atoms with E-state index in [9.17, 15) is 13.2 Å². The van der Waals surface area contributed by atoms with E-state index in [1.165, 1.54) is 10.7 Å². The van der Waals surface area contributed by atoms with Gasteiger partial charge in [-0.15, -0.1) is 0 Å². The van der Waals surface area contributed by atoms with Gasteiger partial charge in [-0.1, -0.05) is 12.1 Å². The number of hydrogen-bond acceptors (Lipinski definition) is 2. The summed E-state index contributed by atoms with van der Waals surface area (Å²) in [5, 5.41) is 4.11. The lowest BCUT2D eigenvalue weighted by Crippen LogP contribution is -2.05. The zero-order valence-corrected chi connectivity index (χ0v) is 9.70. The maximum Gasteiger partial charge on any atom is 0.416 e. The molecule has 0 aliphatic rings. The standard InChI is InChI=1S/C12H12F3N3/c1-18-11(6-10(7-16)17-18)8-3-2-4-9(5-8)12(13,14)15/h2-6H,7,16H2,1H3. The van der Waals surface area contributed by atoms with Gasteiger partial charge in [-0.25, -0.2) is 0 Å². The predicted octanol–water partition coefficient (Wildman–Crippen LogP) is 2.56. The summed E-state index contributed by atoms with van der Waals surface area (Å²) in [6, 6.07) is 6.84. The average Bonchev–Trinajstić information content (AvgIpc) is 2.70. The molecule has 96 valence electrons. The highest BCUT2D eigenvalue weighted by Crippen LogP contribution is 2.32. The average molecular weight is 255 g/mol. The Bertz CT molecular complexity index is 558. The van der Waals surface area contributed by atoms with Crippen LogP contribution in [0.2, 0.25) is 0 Å². The van der Waals surface area contributed by atoms with Gasteiger partial charge in [0, 0.05) is 19.2 Å². The first-order chi connectivity index (χ1) is 8.41. The van der Waals surface area contributed by atoms with Crippen molar-refractivity contribution in [2.45, 2.75) is 12.7 Å². The molecule has 6 heteroatoms. The number of alkyl halides is 3. The van der Waals surface area contributed by atoms with Crippen molar-refractivity contribution < 1.29 is 13.2 Å². The topological polar surface area (TPSA) is 43.8 Å². The van der Waals surface area contributed by atoms with E-state index in [0.717, 1.165) is 12.1 Å². The molecule has 0 saturated heterocycles. The summed E-state index contributed by atoms with van der Waals surface area (Å²) in [7, 11) is 1.68. The van der Waals surface area contributed by atoms with Gasteiger partial charge in [0.25, 0.3) is 0 Å². The van der Waals surface area contributed by atoms with Gasteiger partial charge in [0.1, 0.15) is 0 Å². The smallest absolute Gasteiger partial charge is 0.325 e. The van der Waals surface area contributed by atoms with Gasteiger partial charge >= 0.3 is 6.18 Å². The Balaban J connectivity index is 2.47. The summed E-state index contributed by atoms with van der Waals surface area (Å²) in [5.74, 6) is 0. The maximum atomic E-state index is 12.6. The van der Waals surface area contributed by atoms with Crippen LogP contribution in [0.1, 0.15) is 11.3 Å². The van der Waals surface area contributed by atoms with Crippen LogP contribution in [-0.4, -0.2) is 9.78 Å². The normalized spacial score (nSPS) is 11.8. The molecular formula is C12H12F3N3. The van der Waals surface area contributed by atoms with E-state index in [2.05, 4.69) is 5.10 Å². The first-order valence-corrected chi connectivity index (χ1v) is 5.32. The van der Waals surface area contributed by atoms with E-state index < -0.39 is 11.7 Å². The highest BCUT2D eigenvalue weighted by molar-refractivity contribution is 5.61. The van der Waals surface area contributed by atoms with Gasteiger partial charge < -0.3 is 5.73 Å². The molecule has 3 nitrogen and oxygen atoms in total. The summed E-state index contributed by atoms with van der Waals surface area (Å²) in [4.78, 5) is 0. The lowest BCUT2D eigenvalue weighted by atomic mass is 10.1. The maximum absolute atomic E-state index is 12.6. The first kappa shape index (κ1) is 12.6. The van der Waals surface area contributed by atoms with E-state index in [0.29, 0.717) is 17.0 Å². The molecule has 0 bridgehead atoms. The Labute approximate surface area is 102 Å². The fourth-order valence-electron chi connectivity index (χ4n) is 1.75. The Kier molecular flexibility index (Phi) is 3.13. The van der Waals surface area contributed by atoms with E-state index in [4.69, 9.17) is 5.73 Å². The second kappa shape index (κ2) is 4.45. The zero-order chi connectivity index (χ0) is 13.3. The highest BCUT2D eigenvalue weighted by Gasteiger charge is 2.30. The molecule has 0 unspecified atom stereocenters. The van der Waals surface area contributed by atoms with Gasteiger partial charge in [0.2, 0.25) is 0 Å². The molecule has 0 spiro atoms. The Morgan fingerprint density at radius 3 is 2.56 bits per heavy atom. The second-order valence-corrected chi connectivity index (χ2v) is 3.93. The predicted molar refractivity (Wildman–Crippen MR) is 61.5 cm³/mol. The molecule has 1 aromatic heterocycles. The third-order valence-corrected chi connectivity index (χ3v) is 2.63. The van der Waals surface area contributed by atoms with Gasteiger partial charge in [0.05, 0.1) is 17.0 Å². The first-order valence-electron chi connectivity index (χ1n) is 5.32. The van der Waals surface area contributed by atoms with Gasteiger partial charge in [-0.2, -0.15) is 18.3 Å². The molecule has 0 saturated carbocycles. The highest BCUT2D eigenvalue weighted by atomic mass is 19.4. The quantitative estimate of drug-likeness (QED) is 0.896. The number of rotatable bonds is 2. The van der Waals surface area contributed by atoms with Crippen LogP contribution in [0, 0.1) is 0 Å². The lowest BCUT2D eigenvalue weighted by Gasteiger charge is -2.08. The van der Waals surface area contributed by atoms with Crippen LogP contribution in [-0.2, 0) is 19.8 Å². The molecule has 2 aromatic rings. The van der Waals surface area contributed by atoms with E-state index in [1.54, 1.807) is 19.2 Å². The van der Waals surface area contributed by atoms with Crippen molar-refractivity contribution in [3.05, 3.63) is 41.6 Å². The Morgan fingerprint density at radius 2 is 2.00 bits per heavy atom. The van der Waals surface area contributed by atoms with Crippen LogP contribution in [0.25, 0.3) is 11.3 Å². The van der Waals surface area contributed by atoms with Crippen LogP contribution >= 0.6 is 0 Å². The minimum Gasteiger partial charge on any atom is -0.325 e. The molecule has 0 amide bonds. The molecule has 2 rings (SSSR count). The van der Waals surface area contributed by atoms with E-state index in [1.807, 2.05) is 0 Å². The molecule has 1 aromatic carbocycles. The van der Waals surface area contributed by atoms with Crippen molar-refractivity contribution in [3.8, 4) is 11.3 Å². The molecule has 0 radical (unpaired) electrons. The zero-order valence-electron chi connectivity index (χ0n) is 9.70. The minimum absolute atomic E-state index is 0.257. The fourth-order valence-corrected chi connectivity index (χ4v) is 1.75. The monoisotopic (exact) mass is 255 g/mol. The number of benzene rings is 1. The van der Waals surface area contributed by atoms with Crippen molar-refractivity contribution in [2.75, 3.05) is 0 Å². The van der Waals surface area contributed by atoms with E-state index in [-0.39, 0.29) is 6.54 Å². The van der Waals surface area contributed by atoms with E-state index >= 15 is 0 Å². The molecule has 0 aliphatic carbocycles. The molecule has 2 N–H and O–H groups in total. The van der Waals surface area contributed by atoms with Gasteiger partial charge in [-0.3, -0.25) is 4.68 Å². The van der Waals surface area contributed by atoms with Crippen LogP contribution in [0.15, 0.2) is 30.3 Å². The van der Waals surface area contributed by atoms with Crippen LogP contribution in [0.5, 0.6) is 0 Å². The summed E-state index contributed by atoms with van der Waals surface area (Å²) >= 11 is 0. The molecule has 0 fully saturated rings. The minimum atomic E-state index is -4.34.